The first kappa shape index (κ1) is 12.5. The Labute approximate surface area is 91.0 Å². The second kappa shape index (κ2) is 4.15. The number of aryl methyl sites for hydroxylation is 2. The highest BCUT2D eigenvalue weighted by atomic mass is 19.4. The number of hydrogen-bond donors (Lipinski definition) is 0. The Kier molecular flexibility index (Phi) is 3.26. The Morgan fingerprint density at radius 1 is 1.19 bits per heavy atom. The first-order chi connectivity index (χ1) is 7.27. The van der Waals surface area contributed by atoms with E-state index in [2.05, 4.69) is 4.74 Å². The Morgan fingerprint density at radius 3 is 2.19 bits per heavy atom. The quantitative estimate of drug-likeness (QED) is 0.695. The fourth-order valence-electron chi connectivity index (χ4n) is 1.49. The van der Waals surface area contributed by atoms with E-state index in [0.29, 0.717) is 5.56 Å². The van der Waals surface area contributed by atoms with E-state index in [1.54, 1.807) is 6.92 Å². The van der Waals surface area contributed by atoms with Gasteiger partial charge in [-0.2, -0.15) is 13.2 Å². The second-order valence-electron chi connectivity index (χ2n) is 3.47. The predicted molar refractivity (Wildman–Crippen MR) is 52.3 cm³/mol. The van der Waals surface area contributed by atoms with Gasteiger partial charge in [-0.05, 0) is 31.0 Å². The molecule has 0 saturated heterocycles. The van der Waals surface area contributed by atoms with Gasteiger partial charge in [0.1, 0.15) is 0 Å². The average Bonchev–Trinajstić information content (AvgIpc) is 2.14. The van der Waals surface area contributed by atoms with Crippen molar-refractivity contribution in [3.05, 3.63) is 34.4 Å². The molecule has 1 rings (SSSR count). The van der Waals surface area contributed by atoms with Crippen LogP contribution in [0.2, 0.25) is 0 Å². The van der Waals surface area contributed by atoms with Crippen molar-refractivity contribution in [2.45, 2.75) is 20.0 Å². The molecule has 0 atom stereocenters. The Hall–Kier alpha value is -1.52. The van der Waals surface area contributed by atoms with E-state index in [4.69, 9.17) is 0 Å². The molecule has 16 heavy (non-hydrogen) atoms. The summed E-state index contributed by atoms with van der Waals surface area (Å²) in [5.41, 5.74) is -0.297. The van der Waals surface area contributed by atoms with Crippen LogP contribution in [0.1, 0.15) is 27.0 Å². The minimum atomic E-state index is -4.46. The zero-order chi connectivity index (χ0) is 12.5. The van der Waals surface area contributed by atoms with Crippen LogP contribution in [-0.4, -0.2) is 13.1 Å². The third-order valence-electron chi connectivity index (χ3n) is 2.28. The summed E-state index contributed by atoms with van der Waals surface area (Å²) in [5.74, 6) is -0.761. The van der Waals surface area contributed by atoms with Crippen molar-refractivity contribution in [2.75, 3.05) is 7.11 Å². The molecule has 2 nitrogen and oxygen atoms in total. The van der Waals surface area contributed by atoms with Gasteiger partial charge >= 0.3 is 12.1 Å². The summed E-state index contributed by atoms with van der Waals surface area (Å²) in [6, 6.07) is 2.16. The number of carbonyl (C=O) groups is 1. The molecule has 0 radical (unpaired) electrons. The van der Waals surface area contributed by atoms with E-state index in [1.807, 2.05) is 0 Å². The van der Waals surface area contributed by atoms with E-state index in [1.165, 1.54) is 13.0 Å². The van der Waals surface area contributed by atoms with Gasteiger partial charge in [-0.25, -0.2) is 4.79 Å². The smallest absolute Gasteiger partial charge is 0.416 e. The zero-order valence-corrected chi connectivity index (χ0v) is 9.11. The molecule has 0 unspecified atom stereocenters. The van der Waals surface area contributed by atoms with E-state index in [0.717, 1.165) is 13.2 Å². The van der Waals surface area contributed by atoms with Crippen molar-refractivity contribution in [3.63, 3.8) is 0 Å². The van der Waals surface area contributed by atoms with Gasteiger partial charge < -0.3 is 4.74 Å². The zero-order valence-electron chi connectivity index (χ0n) is 9.11. The first-order valence-electron chi connectivity index (χ1n) is 4.54. The number of rotatable bonds is 1. The van der Waals surface area contributed by atoms with Gasteiger partial charge in [0.25, 0.3) is 0 Å². The summed E-state index contributed by atoms with van der Waals surface area (Å²) in [6.07, 6.45) is -4.46. The van der Waals surface area contributed by atoms with E-state index in [-0.39, 0.29) is 11.1 Å². The number of benzene rings is 1. The number of halogens is 3. The predicted octanol–water partition coefficient (Wildman–Crippen LogP) is 3.11. The highest BCUT2D eigenvalue weighted by molar-refractivity contribution is 5.91. The lowest BCUT2D eigenvalue weighted by Gasteiger charge is -2.13. The van der Waals surface area contributed by atoms with E-state index in [9.17, 15) is 18.0 Å². The monoisotopic (exact) mass is 232 g/mol. The molecule has 0 N–H and O–H groups in total. The number of alkyl halides is 3. The largest absolute Gasteiger partial charge is 0.465 e. The lowest BCUT2D eigenvalue weighted by Crippen LogP contribution is -2.12. The second-order valence-corrected chi connectivity index (χ2v) is 3.47. The molecule has 0 saturated carbocycles. The highest BCUT2D eigenvalue weighted by Crippen LogP contribution is 2.33. The lowest BCUT2D eigenvalue weighted by atomic mass is 9.99. The Bertz CT molecular complexity index is 422. The van der Waals surface area contributed by atoms with Crippen LogP contribution in [0.5, 0.6) is 0 Å². The average molecular weight is 232 g/mol. The maximum atomic E-state index is 12.6. The summed E-state index contributed by atoms with van der Waals surface area (Å²) >= 11 is 0. The number of ether oxygens (including phenoxy) is 1. The number of hydrogen-bond acceptors (Lipinski definition) is 2. The van der Waals surface area contributed by atoms with Crippen molar-refractivity contribution in [2.24, 2.45) is 0 Å². The molecule has 0 bridgehead atoms. The van der Waals surface area contributed by atoms with Gasteiger partial charge in [0.2, 0.25) is 0 Å². The molecule has 0 heterocycles. The van der Waals surface area contributed by atoms with E-state index >= 15 is 0 Å². The summed E-state index contributed by atoms with van der Waals surface area (Å²) in [5, 5.41) is 0. The highest BCUT2D eigenvalue weighted by Gasteiger charge is 2.33. The maximum Gasteiger partial charge on any atom is 0.416 e. The van der Waals surface area contributed by atoms with Crippen molar-refractivity contribution >= 4 is 5.97 Å². The molecule has 88 valence electrons. The molecule has 1 aromatic rings. The lowest BCUT2D eigenvalue weighted by molar-refractivity contribution is -0.138. The van der Waals surface area contributed by atoms with Crippen molar-refractivity contribution in [3.8, 4) is 0 Å². The van der Waals surface area contributed by atoms with Crippen molar-refractivity contribution in [1.29, 1.82) is 0 Å². The van der Waals surface area contributed by atoms with Gasteiger partial charge in [0, 0.05) is 0 Å². The Morgan fingerprint density at radius 2 is 1.75 bits per heavy atom. The summed E-state index contributed by atoms with van der Waals surface area (Å²) in [6.45, 7) is 2.93. The summed E-state index contributed by atoms with van der Waals surface area (Å²) in [7, 11) is 1.13. The van der Waals surface area contributed by atoms with E-state index < -0.39 is 17.7 Å². The van der Waals surface area contributed by atoms with Gasteiger partial charge in [-0.1, -0.05) is 6.07 Å². The van der Waals surface area contributed by atoms with Crippen LogP contribution in [0, 0.1) is 13.8 Å². The fourth-order valence-corrected chi connectivity index (χ4v) is 1.49. The SMILES string of the molecule is COC(=O)c1cc(C(F)(F)F)c(C)cc1C. The van der Waals surface area contributed by atoms with Gasteiger partial charge in [0.05, 0.1) is 18.2 Å². The van der Waals surface area contributed by atoms with Crippen LogP contribution in [-0.2, 0) is 10.9 Å². The van der Waals surface area contributed by atoms with Crippen molar-refractivity contribution in [1.82, 2.24) is 0 Å². The van der Waals surface area contributed by atoms with Crippen LogP contribution in [0.25, 0.3) is 0 Å². The van der Waals surface area contributed by atoms with Gasteiger partial charge in [-0.15, -0.1) is 0 Å². The van der Waals surface area contributed by atoms with Crippen LogP contribution >= 0.6 is 0 Å². The van der Waals surface area contributed by atoms with Crippen LogP contribution in [0.15, 0.2) is 12.1 Å². The van der Waals surface area contributed by atoms with Gasteiger partial charge in [-0.3, -0.25) is 0 Å². The standard InChI is InChI=1S/C11H11F3O2/c1-6-4-7(2)9(11(12,13)14)5-8(6)10(15)16-3/h4-5H,1-3H3. The molecular formula is C11H11F3O2. The minimum Gasteiger partial charge on any atom is -0.465 e. The Balaban J connectivity index is 3.39. The molecule has 0 spiro atoms. The third kappa shape index (κ3) is 2.35. The molecule has 1 aromatic carbocycles. The molecule has 0 aliphatic rings. The molecule has 0 aliphatic heterocycles. The van der Waals surface area contributed by atoms with Crippen LogP contribution in [0.3, 0.4) is 0 Å². The molecular weight excluding hydrogens is 221 g/mol. The molecule has 0 amide bonds. The van der Waals surface area contributed by atoms with Crippen LogP contribution in [0.4, 0.5) is 13.2 Å². The fraction of sp³-hybridized carbons (Fsp3) is 0.364. The first-order valence-corrected chi connectivity index (χ1v) is 4.54. The maximum absolute atomic E-state index is 12.6. The molecule has 0 aromatic heterocycles. The minimum absolute atomic E-state index is 0.0552. The number of methoxy groups -OCH3 is 1. The molecule has 5 heteroatoms. The normalized spacial score (nSPS) is 11.4. The molecule has 0 aliphatic carbocycles. The molecule has 0 fully saturated rings. The van der Waals surface area contributed by atoms with Crippen LogP contribution < -0.4 is 0 Å². The number of esters is 1. The third-order valence-corrected chi connectivity index (χ3v) is 2.28. The summed E-state index contributed by atoms with van der Waals surface area (Å²) < 4.78 is 42.1. The topological polar surface area (TPSA) is 26.3 Å². The summed E-state index contributed by atoms with van der Waals surface area (Å²) in [4.78, 5) is 11.2. The van der Waals surface area contributed by atoms with Gasteiger partial charge in [0.15, 0.2) is 0 Å². The number of carbonyl (C=O) groups excluding carboxylic acids is 1. The van der Waals surface area contributed by atoms with Crippen molar-refractivity contribution < 1.29 is 22.7 Å².